The van der Waals surface area contributed by atoms with Crippen LogP contribution in [-0.2, 0) is 14.8 Å². The Morgan fingerprint density at radius 2 is 1.71 bits per heavy atom. The van der Waals surface area contributed by atoms with Gasteiger partial charge in [-0.25, -0.2) is 8.42 Å². The average Bonchev–Trinajstić information content (AvgIpc) is 2.68. The number of piperidine rings is 3. The highest BCUT2D eigenvalue weighted by molar-refractivity contribution is 7.92. The maximum atomic E-state index is 12.7. The summed E-state index contributed by atoms with van der Waals surface area (Å²) >= 11 is 0. The standard InChI is InChI=1S/C21H25N3O3S/c1-28(26,27)23-19-4-2-3-17(13-19)15-5-7-18(8-6-15)22-21(25)20-14-24-11-9-16(20)10-12-24/h2-8,13,16,20,23H,9-12,14H2,1H3,(H,22,25)/t20-/m0/s1. The second-order valence-electron chi connectivity index (χ2n) is 7.77. The summed E-state index contributed by atoms with van der Waals surface area (Å²) in [5.74, 6) is 0.705. The van der Waals surface area contributed by atoms with Crippen LogP contribution in [0.15, 0.2) is 48.5 Å². The van der Waals surface area contributed by atoms with E-state index in [0.717, 1.165) is 55.5 Å². The monoisotopic (exact) mass is 399 g/mol. The summed E-state index contributed by atoms with van der Waals surface area (Å²) < 4.78 is 25.3. The fourth-order valence-corrected chi connectivity index (χ4v) is 4.77. The van der Waals surface area contributed by atoms with Crippen LogP contribution >= 0.6 is 0 Å². The van der Waals surface area contributed by atoms with Gasteiger partial charge in [0, 0.05) is 17.9 Å². The minimum absolute atomic E-state index is 0.0842. The molecular weight excluding hydrogens is 374 g/mol. The van der Waals surface area contributed by atoms with Gasteiger partial charge in [0.2, 0.25) is 15.9 Å². The Morgan fingerprint density at radius 1 is 1.00 bits per heavy atom. The molecule has 2 bridgehead atoms. The smallest absolute Gasteiger partial charge is 0.229 e. The quantitative estimate of drug-likeness (QED) is 0.810. The summed E-state index contributed by atoms with van der Waals surface area (Å²) in [6.45, 7) is 3.11. The lowest BCUT2D eigenvalue weighted by Gasteiger charge is -2.43. The highest BCUT2D eigenvalue weighted by Gasteiger charge is 2.38. The molecule has 3 aliphatic heterocycles. The Labute approximate surface area is 166 Å². The SMILES string of the molecule is CS(=O)(=O)Nc1cccc(-c2ccc(NC(=O)[C@H]3CN4CCC3CC4)cc2)c1. The number of amides is 1. The zero-order valence-corrected chi connectivity index (χ0v) is 16.7. The van der Waals surface area contributed by atoms with Crippen molar-refractivity contribution in [1.29, 1.82) is 0 Å². The zero-order valence-electron chi connectivity index (χ0n) is 15.9. The van der Waals surface area contributed by atoms with Gasteiger partial charge in [-0.1, -0.05) is 24.3 Å². The summed E-state index contributed by atoms with van der Waals surface area (Å²) in [4.78, 5) is 15.1. The molecule has 0 saturated carbocycles. The summed E-state index contributed by atoms with van der Waals surface area (Å²) in [5.41, 5.74) is 3.18. The van der Waals surface area contributed by atoms with E-state index in [-0.39, 0.29) is 11.8 Å². The first kappa shape index (κ1) is 19.0. The molecule has 2 aromatic rings. The largest absolute Gasteiger partial charge is 0.326 e. The van der Waals surface area contributed by atoms with Crippen LogP contribution in [0.3, 0.4) is 0 Å². The van der Waals surface area contributed by atoms with Gasteiger partial charge in [-0.05, 0) is 67.2 Å². The van der Waals surface area contributed by atoms with Gasteiger partial charge in [0.15, 0.2) is 0 Å². The number of carbonyl (C=O) groups is 1. The maximum Gasteiger partial charge on any atom is 0.229 e. The number of benzene rings is 2. The predicted molar refractivity (Wildman–Crippen MR) is 112 cm³/mol. The van der Waals surface area contributed by atoms with Crippen LogP contribution < -0.4 is 10.0 Å². The molecule has 0 aliphatic carbocycles. The molecular formula is C21H25N3O3S. The lowest BCUT2D eigenvalue weighted by molar-refractivity contribution is -0.125. The number of sulfonamides is 1. The lowest BCUT2D eigenvalue weighted by Crippen LogP contribution is -2.51. The van der Waals surface area contributed by atoms with E-state index in [4.69, 9.17) is 0 Å². The lowest BCUT2D eigenvalue weighted by atomic mass is 9.78. The number of nitrogens with zero attached hydrogens (tertiary/aromatic N) is 1. The number of carbonyl (C=O) groups excluding carboxylic acids is 1. The number of fused-ring (bicyclic) bond motifs is 3. The van der Waals surface area contributed by atoms with Crippen LogP contribution in [0.5, 0.6) is 0 Å². The Balaban J connectivity index is 1.44. The molecule has 3 aliphatic rings. The predicted octanol–water partition coefficient (Wildman–Crippen LogP) is 3.01. The van der Waals surface area contributed by atoms with E-state index < -0.39 is 10.0 Å². The summed E-state index contributed by atoms with van der Waals surface area (Å²) in [6, 6.07) is 14.9. The number of anilines is 2. The van der Waals surface area contributed by atoms with Crippen molar-refractivity contribution in [3.63, 3.8) is 0 Å². The van der Waals surface area contributed by atoms with E-state index in [1.54, 1.807) is 12.1 Å². The van der Waals surface area contributed by atoms with Crippen molar-refractivity contribution in [1.82, 2.24) is 4.90 Å². The van der Waals surface area contributed by atoms with Gasteiger partial charge in [0.1, 0.15) is 0 Å². The number of nitrogens with one attached hydrogen (secondary N) is 2. The molecule has 3 fully saturated rings. The van der Waals surface area contributed by atoms with Crippen molar-refractivity contribution in [2.75, 3.05) is 35.9 Å². The first-order valence-electron chi connectivity index (χ1n) is 9.59. The molecule has 2 aromatic carbocycles. The molecule has 7 heteroatoms. The van der Waals surface area contributed by atoms with E-state index in [1.807, 2.05) is 36.4 Å². The molecule has 3 saturated heterocycles. The van der Waals surface area contributed by atoms with Crippen molar-refractivity contribution in [3.05, 3.63) is 48.5 Å². The minimum Gasteiger partial charge on any atom is -0.326 e. The molecule has 0 unspecified atom stereocenters. The van der Waals surface area contributed by atoms with E-state index in [0.29, 0.717) is 11.6 Å². The van der Waals surface area contributed by atoms with Crippen LogP contribution in [0.25, 0.3) is 11.1 Å². The Kier molecular flexibility index (Phi) is 5.12. The van der Waals surface area contributed by atoms with Crippen molar-refractivity contribution in [3.8, 4) is 11.1 Å². The molecule has 2 N–H and O–H groups in total. The van der Waals surface area contributed by atoms with Gasteiger partial charge >= 0.3 is 0 Å². The molecule has 6 nitrogen and oxygen atoms in total. The van der Waals surface area contributed by atoms with Crippen LogP contribution in [0.2, 0.25) is 0 Å². The van der Waals surface area contributed by atoms with Crippen LogP contribution in [0.4, 0.5) is 11.4 Å². The third-order valence-electron chi connectivity index (χ3n) is 5.64. The molecule has 0 spiro atoms. The van der Waals surface area contributed by atoms with Gasteiger partial charge in [-0.2, -0.15) is 0 Å². The Hall–Kier alpha value is -2.38. The van der Waals surface area contributed by atoms with E-state index in [2.05, 4.69) is 14.9 Å². The Bertz CT molecular complexity index is 965. The zero-order chi connectivity index (χ0) is 19.7. The van der Waals surface area contributed by atoms with Crippen molar-refractivity contribution < 1.29 is 13.2 Å². The fraction of sp³-hybridized carbons (Fsp3) is 0.381. The fourth-order valence-electron chi connectivity index (χ4n) is 4.22. The molecule has 3 heterocycles. The minimum atomic E-state index is -3.31. The second kappa shape index (κ2) is 7.56. The molecule has 5 rings (SSSR count). The number of hydrogen-bond acceptors (Lipinski definition) is 4. The molecule has 1 atom stereocenters. The number of rotatable bonds is 5. The summed E-state index contributed by atoms with van der Waals surface area (Å²) in [6.07, 6.45) is 3.37. The topological polar surface area (TPSA) is 78.5 Å². The van der Waals surface area contributed by atoms with Crippen molar-refractivity contribution >= 4 is 27.3 Å². The number of hydrogen-bond donors (Lipinski definition) is 2. The third kappa shape index (κ3) is 4.36. The first-order valence-corrected chi connectivity index (χ1v) is 11.5. The van der Waals surface area contributed by atoms with E-state index in [9.17, 15) is 13.2 Å². The van der Waals surface area contributed by atoms with Gasteiger partial charge in [0.25, 0.3) is 0 Å². The highest BCUT2D eigenvalue weighted by atomic mass is 32.2. The normalized spacial score (nSPS) is 24.0. The van der Waals surface area contributed by atoms with Gasteiger partial charge in [0.05, 0.1) is 12.2 Å². The van der Waals surface area contributed by atoms with Crippen LogP contribution in [-0.4, -0.2) is 45.1 Å². The third-order valence-corrected chi connectivity index (χ3v) is 6.25. The molecule has 28 heavy (non-hydrogen) atoms. The highest BCUT2D eigenvalue weighted by Crippen LogP contribution is 2.33. The molecule has 0 radical (unpaired) electrons. The molecule has 148 valence electrons. The van der Waals surface area contributed by atoms with Crippen LogP contribution in [0.1, 0.15) is 12.8 Å². The van der Waals surface area contributed by atoms with E-state index >= 15 is 0 Å². The van der Waals surface area contributed by atoms with Gasteiger partial charge in [-0.15, -0.1) is 0 Å². The van der Waals surface area contributed by atoms with Gasteiger partial charge in [-0.3, -0.25) is 9.52 Å². The summed E-state index contributed by atoms with van der Waals surface area (Å²) in [7, 11) is -3.31. The van der Waals surface area contributed by atoms with E-state index in [1.165, 1.54) is 0 Å². The average molecular weight is 400 g/mol. The van der Waals surface area contributed by atoms with Crippen LogP contribution in [0, 0.1) is 11.8 Å². The van der Waals surface area contributed by atoms with Gasteiger partial charge < -0.3 is 10.2 Å². The second-order valence-corrected chi connectivity index (χ2v) is 9.51. The summed E-state index contributed by atoms with van der Waals surface area (Å²) in [5, 5.41) is 3.06. The van der Waals surface area contributed by atoms with Crippen molar-refractivity contribution in [2.24, 2.45) is 11.8 Å². The molecule has 1 amide bonds. The Morgan fingerprint density at radius 3 is 2.32 bits per heavy atom. The maximum absolute atomic E-state index is 12.7. The first-order chi connectivity index (χ1) is 13.4. The molecule has 0 aromatic heterocycles. The van der Waals surface area contributed by atoms with Crippen molar-refractivity contribution in [2.45, 2.75) is 12.8 Å².